The third-order valence-corrected chi connectivity index (χ3v) is 3.72. The minimum absolute atomic E-state index is 0.262. The fourth-order valence-electron chi connectivity index (χ4n) is 2.02. The van der Waals surface area contributed by atoms with Gasteiger partial charge in [-0.15, -0.1) is 0 Å². The van der Waals surface area contributed by atoms with Crippen molar-refractivity contribution in [2.75, 3.05) is 17.2 Å². The maximum atomic E-state index is 13.2. The third-order valence-electron chi connectivity index (χ3n) is 3.03. The molecule has 0 radical (unpaired) electrons. The minimum Gasteiger partial charge on any atom is -0.385 e. The van der Waals surface area contributed by atoms with E-state index in [1.54, 1.807) is 12.1 Å². The van der Waals surface area contributed by atoms with Crippen molar-refractivity contribution in [3.8, 4) is 0 Å². The summed E-state index contributed by atoms with van der Waals surface area (Å²) in [7, 11) is 0. The number of anilines is 2. The zero-order chi connectivity index (χ0) is 15.4. The molecular formula is C16H16BrFN2O. The van der Waals surface area contributed by atoms with Crippen molar-refractivity contribution >= 4 is 33.2 Å². The summed E-state index contributed by atoms with van der Waals surface area (Å²) in [5.74, 6) is -0.658. The molecule has 2 aromatic carbocycles. The molecule has 0 aromatic heterocycles. The fourth-order valence-corrected chi connectivity index (χ4v) is 2.36. The molecule has 0 aliphatic heterocycles. The molecular weight excluding hydrogens is 335 g/mol. The Morgan fingerprint density at radius 2 is 2.00 bits per heavy atom. The van der Waals surface area contributed by atoms with E-state index in [0.29, 0.717) is 15.7 Å². The normalized spacial score (nSPS) is 10.3. The number of carbonyl (C=O) groups is 1. The van der Waals surface area contributed by atoms with Crippen molar-refractivity contribution in [1.29, 1.82) is 0 Å². The zero-order valence-corrected chi connectivity index (χ0v) is 13.4. The molecule has 1 amide bonds. The van der Waals surface area contributed by atoms with E-state index >= 15 is 0 Å². The molecule has 0 unspecified atom stereocenters. The van der Waals surface area contributed by atoms with Gasteiger partial charge in [-0.25, -0.2) is 4.39 Å². The lowest BCUT2D eigenvalue weighted by molar-refractivity contribution is 0.102. The Kier molecular flexibility index (Phi) is 4.96. The lowest BCUT2D eigenvalue weighted by Crippen LogP contribution is -2.14. The van der Waals surface area contributed by atoms with Crippen LogP contribution in [0.3, 0.4) is 0 Å². The standard InChI is InChI=1S/C16H16BrFN2O/c1-3-19-12-5-6-13(10(2)8-12)16(21)20-15-9-11(18)4-7-14(15)17/h4-9,19H,3H2,1-2H3,(H,20,21). The number of amides is 1. The van der Waals surface area contributed by atoms with Crippen LogP contribution in [0.2, 0.25) is 0 Å². The summed E-state index contributed by atoms with van der Waals surface area (Å²) in [5.41, 5.74) is 2.81. The number of nitrogens with one attached hydrogen (secondary N) is 2. The van der Waals surface area contributed by atoms with E-state index in [1.165, 1.54) is 12.1 Å². The van der Waals surface area contributed by atoms with E-state index in [4.69, 9.17) is 0 Å². The average molecular weight is 351 g/mol. The summed E-state index contributed by atoms with van der Waals surface area (Å²) in [4.78, 5) is 12.3. The number of hydrogen-bond acceptors (Lipinski definition) is 2. The van der Waals surface area contributed by atoms with Gasteiger partial charge in [-0.1, -0.05) is 0 Å². The lowest BCUT2D eigenvalue weighted by atomic mass is 10.1. The Labute approximate surface area is 131 Å². The fraction of sp³-hybridized carbons (Fsp3) is 0.188. The zero-order valence-electron chi connectivity index (χ0n) is 11.8. The Morgan fingerprint density at radius 3 is 2.67 bits per heavy atom. The summed E-state index contributed by atoms with van der Waals surface area (Å²) >= 11 is 3.29. The van der Waals surface area contributed by atoms with E-state index in [2.05, 4.69) is 26.6 Å². The highest BCUT2D eigenvalue weighted by Crippen LogP contribution is 2.24. The maximum absolute atomic E-state index is 13.2. The van der Waals surface area contributed by atoms with E-state index < -0.39 is 5.82 Å². The molecule has 3 nitrogen and oxygen atoms in total. The van der Waals surface area contributed by atoms with Gasteiger partial charge in [0.1, 0.15) is 5.82 Å². The first-order valence-corrected chi connectivity index (χ1v) is 7.41. The second-order valence-corrected chi connectivity index (χ2v) is 5.49. The van der Waals surface area contributed by atoms with Gasteiger partial charge in [0.25, 0.3) is 5.91 Å². The second-order valence-electron chi connectivity index (χ2n) is 4.64. The van der Waals surface area contributed by atoms with Gasteiger partial charge in [0, 0.05) is 22.3 Å². The summed E-state index contributed by atoms with van der Waals surface area (Å²) in [6.45, 7) is 4.70. The van der Waals surface area contributed by atoms with Gasteiger partial charge in [0.15, 0.2) is 0 Å². The Hall–Kier alpha value is -1.88. The molecule has 0 spiro atoms. The monoisotopic (exact) mass is 350 g/mol. The van der Waals surface area contributed by atoms with E-state index in [1.807, 2.05) is 26.0 Å². The first-order chi connectivity index (χ1) is 10.0. The van der Waals surface area contributed by atoms with Gasteiger partial charge >= 0.3 is 0 Å². The molecule has 21 heavy (non-hydrogen) atoms. The smallest absolute Gasteiger partial charge is 0.255 e. The van der Waals surface area contributed by atoms with Crippen molar-refractivity contribution in [1.82, 2.24) is 0 Å². The quantitative estimate of drug-likeness (QED) is 0.847. The number of halogens is 2. The van der Waals surface area contributed by atoms with Crippen LogP contribution in [0.25, 0.3) is 0 Å². The van der Waals surface area contributed by atoms with Gasteiger partial charge in [-0.05, 0) is 71.7 Å². The molecule has 2 rings (SSSR count). The molecule has 0 aliphatic carbocycles. The Bertz CT molecular complexity index is 673. The molecule has 0 atom stereocenters. The molecule has 2 N–H and O–H groups in total. The molecule has 0 fully saturated rings. The molecule has 110 valence electrons. The highest BCUT2D eigenvalue weighted by Gasteiger charge is 2.12. The summed E-state index contributed by atoms with van der Waals surface area (Å²) in [6, 6.07) is 9.70. The van der Waals surface area contributed by atoms with Crippen LogP contribution in [0.4, 0.5) is 15.8 Å². The van der Waals surface area contributed by atoms with Crippen LogP contribution in [0, 0.1) is 12.7 Å². The summed E-state index contributed by atoms with van der Waals surface area (Å²) in [5, 5.41) is 5.91. The maximum Gasteiger partial charge on any atom is 0.255 e. The number of benzene rings is 2. The lowest BCUT2D eigenvalue weighted by Gasteiger charge is -2.11. The van der Waals surface area contributed by atoms with E-state index in [9.17, 15) is 9.18 Å². The minimum atomic E-state index is -0.396. The van der Waals surface area contributed by atoms with Gasteiger partial charge < -0.3 is 10.6 Å². The van der Waals surface area contributed by atoms with Gasteiger partial charge in [0.2, 0.25) is 0 Å². The topological polar surface area (TPSA) is 41.1 Å². The predicted octanol–water partition coefficient (Wildman–Crippen LogP) is 4.58. The first kappa shape index (κ1) is 15.5. The summed E-state index contributed by atoms with van der Waals surface area (Å²) in [6.07, 6.45) is 0. The Morgan fingerprint density at radius 1 is 1.24 bits per heavy atom. The second kappa shape index (κ2) is 6.72. The van der Waals surface area contributed by atoms with Crippen molar-refractivity contribution in [2.24, 2.45) is 0 Å². The van der Waals surface area contributed by atoms with Crippen LogP contribution in [0.5, 0.6) is 0 Å². The molecule has 0 aliphatic rings. The molecule has 5 heteroatoms. The largest absolute Gasteiger partial charge is 0.385 e. The van der Waals surface area contributed by atoms with Crippen molar-refractivity contribution in [3.63, 3.8) is 0 Å². The van der Waals surface area contributed by atoms with Crippen LogP contribution in [-0.4, -0.2) is 12.5 Å². The molecule has 0 saturated carbocycles. The predicted molar refractivity (Wildman–Crippen MR) is 87.4 cm³/mol. The van der Waals surface area contributed by atoms with Crippen LogP contribution in [0.1, 0.15) is 22.8 Å². The number of hydrogen-bond donors (Lipinski definition) is 2. The summed E-state index contributed by atoms with van der Waals surface area (Å²) < 4.78 is 13.9. The van der Waals surface area contributed by atoms with Gasteiger partial charge in [-0.2, -0.15) is 0 Å². The van der Waals surface area contributed by atoms with E-state index in [-0.39, 0.29) is 5.91 Å². The first-order valence-electron chi connectivity index (χ1n) is 6.62. The van der Waals surface area contributed by atoms with Crippen molar-refractivity contribution in [3.05, 3.63) is 57.8 Å². The highest BCUT2D eigenvalue weighted by molar-refractivity contribution is 9.10. The SMILES string of the molecule is CCNc1ccc(C(=O)Nc2cc(F)ccc2Br)c(C)c1. The molecule has 0 heterocycles. The number of carbonyl (C=O) groups excluding carboxylic acids is 1. The molecule has 2 aromatic rings. The van der Waals surface area contributed by atoms with Crippen molar-refractivity contribution in [2.45, 2.75) is 13.8 Å². The number of aryl methyl sites for hydroxylation is 1. The van der Waals surface area contributed by atoms with Gasteiger partial charge in [0.05, 0.1) is 5.69 Å². The van der Waals surface area contributed by atoms with Crippen LogP contribution < -0.4 is 10.6 Å². The average Bonchev–Trinajstić information content (AvgIpc) is 2.43. The number of rotatable bonds is 4. The molecule has 0 saturated heterocycles. The molecule has 0 bridgehead atoms. The van der Waals surface area contributed by atoms with Crippen LogP contribution in [0.15, 0.2) is 40.9 Å². The van der Waals surface area contributed by atoms with Crippen molar-refractivity contribution < 1.29 is 9.18 Å². The van der Waals surface area contributed by atoms with Gasteiger partial charge in [-0.3, -0.25) is 4.79 Å². The van der Waals surface area contributed by atoms with E-state index in [0.717, 1.165) is 17.8 Å². The van der Waals surface area contributed by atoms with Crippen LogP contribution in [-0.2, 0) is 0 Å². The Balaban J connectivity index is 2.22. The third kappa shape index (κ3) is 3.82. The van der Waals surface area contributed by atoms with Crippen LogP contribution >= 0.6 is 15.9 Å². The highest BCUT2D eigenvalue weighted by atomic mass is 79.9.